The van der Waals surface area contributed by atoms with Crippen molar-refractivity contribution < 1.29 is 4.43 Å². The topological polar surface area (TPSA) is 45.9 Å². The molecule has 0 unspecified atom stereocenters. The van der Waals surface area contributed by atoms with Gasteiger partial charge >= 0.3 is 0 Å². The van der Waals surface area contributed by atoms with Gasteiger partial charge in [-0.2, -0.15) is 5.26 Å². The van der Waals surface area contributed by atoms with E-state index in [9.17, 15) is 0 Å². The van der Waals surface area contributed by atoms with E-state index < -0.39 is 8.32 Å². The van der Waals surface area contributed by atoms with Crippen LogP contribution >= 0.6 is 0 Å². The lowest BCUT2D eigenvalue weighted by Crippen LogP contribution is -2.40. The van der Waals surface area contributed by atoms with Crippen LogP contribution < -0.4 is 0 Å². The van der Waals surface area contributed by atoms with Crippen LogP contribution in [0, 0.1) is 11.3 Å². The van der Waals surface area contributed by atoms with Gasteiger partial charge in [-0.3, -0.25) is 0 Å². The molecule has 0 aliphatic heterocycles. The van der Waals surface area contributed by atoms with E-state index in [1.165, 1.54) is 0 Å². The zero-order valence-corrected chi connectivity index (χ0v) is 12.2. The number of aromatic nitrogens is 1. The molecule has 0 fully saturated rings. The zero-order valence-electron chi connectivity index (χ0n) is 11.2. The molecule has 0 aliphatic carbocycles. The van der Waals surface area contributed by atoms with Crippen LogP contribution in [0.5, 0.6) is 0 Å². The molecule has 1 aromatic rings. The largest absolute Gasteiger partial charge is 0.413 e. The summed E-state index contributed by atoms with van der Waals surface area (Å²) >= 11 is 0. The van der Waals surface area contributed by atoms with E-state index in [0.29, 0.717) is 12.3 Å². The molecule has 0 radical (unpaired) electrons. The Morgan fingerprint density at radius 1 is 1.35 bits per heavy atom. The predicted molar refractivity (Wildman–Crippen MR) is 70.9 cm³/mol. The summed E-state index contributed by atoms with van der Waals surface area (Å²) < 4.78 is 6.07. The third kappa shape index (κ3) is 3.65. The summed E-state index contributed by atoms with van der Waals surface area (Å²) in [4.78, 5) is 4.03. The summed E-state index contributed by atoms with van der Waals surface area (Å²) in [5.74, 6) is 0. The van der Waals surface area contributed by atoms with Crippen molar-refractivity contribution in [2.24, 2.45) is 0 Å². The minimum Gasteiger partial charge on any atom is -0.413 e. The Morgan fingerprint density at radius 3 is 2.41 bits per heavy atom. The number of rotatable bonds is 3. The van der Waals surface area contributed by atoms with Crippen molar-refractivity contribution in [2.75, 3.05) is 0 Å². The maximum Gasteiger partial charge on any atom is 0.192 e. The molecule has 3 nitrogen and oxygen atoms in total. The Bertz CT molecular complexity index is 413. The second-order valence-corrected chi connectivity index (χ2v) is 10.5. The van der Waals surface area contributed by atoms with Gasteiger partial charge in [-0.15, -0.1) is 0 Å². The van der Waals surface area contributed by atoms with Crippen LogP contribution in [0.15, 0.2) is 18.3 Å². The molecule has 4 heteroatoms. The molecule has 0 saturated heterocycles. The minimum atomic E-state index is -1.70. The number of hydrogen-bond donors (Lipinski definition) is 0. The van der Waals surface area contributed by atoms with Crippen molar-refractivity contribution >= 4 is 8.32 Å². The smallest absolute Gasteiger partial charge is 0.192 e. The van der Waals surface area contributed by atoms with Crippen molar-refractivity contribution in [3.05, 3.63) is 29.6 Å². The lowest BCUT2D eigenvalue weighted by molar-refractivity contribution is 0.276. The van der Waals surface area contributed by atoms with Crippen LogP contribution in [0.4, 0.5) is 0 Å². The normalized spacial score (nSPS) is 12.2. The Morgan fingerprint density at radius 2 is 2.00 bits per heavy atom. The van der Waals surface area contributed by atoms with Crippen molar-refractivity contribution in [3.63, 3.8) is 0 Å². The van der Waals surface area contributed by atoms with E-state index in [2.05, 4.69) is 38.8 Å². The molecular weight excluding hydrogens is 228 g/mol. The maximum atomic E-state index is 8.66. The van der Waals surface area contributed by atoms with Gasteiger partial charge in [0, 0.05) is 6.20 Å². The molecule has 92 valence electrons. The fraction of sp³-hybridized carbons (Fsp3) is 0.538. The monoisotopic (exact) mass is 248 g/mol. The summed E-state index contributed by atoms with van der Waals surface area (Å²) in [5.41, 5.74) is 1.47. The first kappa shape index (κ1) is 13.9. The van der Waals surface area contributed by atoms with E-state index in [1.54, 1.807) is 12.3 Å². The van der Waals surface area contributed by atoms with Gasteiger partial charge in [0.25, 0.3) is 0 Å². The number of pyridine rings is 1. The van der Waals surface area contributed by atoms with E-state index in [1.807, 2.05) is 12.1 Å². The van der Waals surface area contributed by atoms with Crippen LogP contribution in [0.25, 0.3) is 0 Å². The molecule has 17 heavy (non-hydrogen) atoms. The van der Waals surface area contributed by atoms with E-state index in [0.717, 1.165) is 5.56 Å². The second kappa shape index (κ2) is 4.99. The van der Waals surface area contributed by atoms with Crippen LogP contribution in [-0.2, 0) is 11.0 Å². The van der Waals surface area contributed by atoms with Crippen molar-refractivity contribution in [1.29, 1.82) is 5.26 Å². The lowest BCUT2D eigenvalue weighted by atomic mass is 10.2. The molecule has 0 aliphatic rings. The minimum absolute atomic E-state index is 0.215. The molecular formula is C13H20N2OSi. The third-order valence-electron chi connectivity index (χ3n) is 3.35. The maximum absolute atomic E-state index is 8.66. The van der Waals surface area contributed by atoms with Gasteiger partial charge in [-0.05, 0) is 29.8 Å². The highest BCUT2D eigenvalue weighted by Gasteiger charge is 2.36. The highest BCUT2D eigenvalue weighted by Crippen LogP contribution is 2.36. The quantitative estimate of drug-likeness (QED) is 0.769. The molecule has 0 spiro atoms. The molecule has 0 bridgehead atoms. The Kier molecular flexibility index (Phi) is 4.07. The van der Waals surface area contributed by atoms with Crippen molar-refractivity contribution in [2.45, 2.75) is 45.5 Å². The standard InChI is InChI=1S/C13H20N2OSi/c1-13(2,3)17(4,5)16-10-11-6-7-12(8-14)15-9-11/h6-7,9H,10H2,1-5H3. The van der Waals surface area contributed by atoms with Gasteiger partial charge in [-0.1, -0.05) is 26.8 Å². The summed E-state index contributed by atoms with van der Waals surface area (Å²) in [6.07, 6.45) is 1.71. The fourth-order valence-corrected chi connectivity index (χ4v) is 2.02. The Hall–Kier alpha value is -1.18. The van der Waals surface area contributed by atoms with E-state index in [4.69, 9.17) is 9.69 Å². The Balaban J connectivity index is 2.65. The summed E-state index contributed by atoms with van der Waals surface area (Å²) in [5, 5.41) is 8.87. The van der Waals surface area contributed by atoms with Crippen LogP contribution in [0.2, 0.25) is 18.1 Å². The highest BCUT2D eigenvalue weighted by atomic mass is 28.4. The van der Waals surface area contributed by atoms with Gasteiger partial charge < -0.3 is 4.43 Å². The first-order chi connectivity index (χ1) is 7.76. The lowest BCUT2D eigenvalue weighted by Gasteiger charge is -2.36. The van der Waals surface area contributed by atoms with Gasteiger partial charge in [0.2, 0.25) is 0 Å². The summed E-state index contributed by atoms with van der Waals surface area (Å²) in [6, 6.07) is 5.64. The SMILES string of the molecule is CC(C)(C)[Si](C)(C)OCc1ccc(C#N)nc1. The average Bonchev–Trinajstić information content (AvgIpc) is 2.25. The van der Waals surface area contributed by atoms with Crippen LogP contribution in [-0.4, -0.2) is 13.3 Å². The van der Waals surface area contributed by atoms with Crippen molar-refractivity contribution in [3.8, 4) is 6.07 Å². The molecule has 0 aromatic carbocycles. The molecule has 0 N–H and O–H groups in total. The predicted octanol–water partition coefficient (Wildman–Crippen LogP) is 3.48. The van der Waals surface area contributed by atoms with Gasteiger partial charge in [0.05, 0.1) is 6.61 Å². The molecule has 0 amide bonds. The summed E-state index contributed by atoms with van der Waals surface area (Å²) in [6.45, 7) is 11.7. The van der Waals surface area contributed by atoms with Gasteiger partial charge in [-0.25, -0.2) is 4.98 Å². The number of nitriles is 1. The Labute approximate surface area is 105 Å². The molecule has 0 saturated carbocycles. The first-order valence-electron chi connectivity index (χ1n) is 5.75. The first-order valence-corrected chi connectivity index (χ1v) is 8.66. The second-order valence-electron chi connectivity index (χ2n) is 5.71. The summed E-state index contributed by atoms with van der Waals surface area (Å²) in [7, 11) is -1.70. The van der Waals surface area contributed by atoms with Gasteiger partial charge in [0.15, 0.2) is 8.32 Å². The third-order valence-corrected chi connectivity index (χ3v) is 7.82. The van der Waals surface area contributed by atoms with Crippen molar-refractivity contribution in [1.82, 2.24) is 4.98 Å². The number of nitrogens with zero attached hydrogens (tertiary/aromatic N) is 2. The molecule has 1 aromatic heterocycles. The zero-order chi connectivity index (χ0) is 13.1. The van der Waals surface area contributed by atoms with Gasteiger partial charge in [0.1, 0.15) is 11.8 Å². The van der Waals surface area contributed by atoms with E-state index in [-0.39, 0.29) is 5.04 Å². The highest BCUT2D eigenvalue weighted by molar-refractivity contribution is 6.74. The molecule has 0 atom stereocenters. The number of hydrogen-bond acceptors (Lipinski definition) is 3. The van der Waals surface area contributed by atoms with Crippen LogP contribution in [0.3, 0.4) is 0 Å². The van der Waals surface area contributed by atoms with Crippen LogP contribution in [0.1, 0.15) is 32.0 Å². The molecule has 1 heterocycles. The molecule has 1 rings (SSSR count). The van der Waals surface area contributed by atoms with E-state index >= 15 is 0 Å². The average molecular weight is 248 g/mol. The fourth-order valence-electron chi connectivity index (χ4n) is 1.06.